The lowest BCUT2D eigenvalue weighted by Crippen LogP contribution is -2.17. The van der Waals surface area contributed by atoms with Crippen molar-refractivity contribution in [2.24, 2.45) is 0 Å². The number of Topliss-reactive ketones (excluding diaryl/α,β-unsaturated/α-hetero) is 1. The number of carbonyl (C=O) groups excluding carboxylic acids is 1. The van der Waals surface area contributed by atoms with E-state index in [4.69, 9.17) is 0 Å². The third-order valence-corrected chi connectivity index (χ3v) is 4.95. The molecule has 0 atom stereocenters. The van der Waals surface area contributed by atoms with E-state index in [2.05, 4.69) is 34.4 Å². The number of rotatable bonds is 4. The van der Waals surface area contributed by atoms with Gasteiger partial charge in [0.2, 0.25) is 5.95 Å². The van der Waals surface area contributed by atoms with Crippen LogP contribution in [0.15, 0.2) is 42.5 Å². The van der Waals surface area contributed by atoms with Crippen LogP contribution in [0, 0.1) is 19.7 Å². The quantitative estimate of drug-likeness (QED) is 0.652. The van der Waals surface area contributed by atoms with Gasteiger partial charge in [0, 0.05) is 17.8 Å². The molecule has 0 fully saturated rings. The van der Waals surface area contributed by atoms with Gasteiger partial charge in [0.1, 0.15) is 11.6 Å². The average molecular weight is 376 g/mol. The maximum absolute atomic E-state index is 13.2. The van der Waals surface area contributed by atoms with Crippen molar-refractivity contribution in [3.8, 4) is 0 Å². The largest absolute Gasteiger partial charge is 0.339 e. The van der Waals surface area contributed by atoms with E-state index >= 15 is 0 Å². The smallest absolute Gasteiger partial charge is 0.229 e. The second-order valence-corrected chi connectivity index (χ2v) is 7.05. The fourth-order valence-electron chi connectivity index (χ4n) is 3.29. The summed E-state index contributed by atoms with van der Waals surface area (Å²) in [6, 6.07) is 12.0. The molecule has 0 aliphatic heterocycles. The summed E-state index contributed by atoms with van der Waals surface area (Å²) in [7, 11) is 0. The first kappa shape index (κ1) is 18.1. The van der Waals surface area contributed by atoms with Gasteiger partial charge in [0.15, 0.2) is 5.78 Å². The Hall–Kier alpha value is -3.28. The van der Waals surface area contributed by atoms with E-state index in [0.717, 1.165) is 24.2 Å². The molecule has 0 spiro atoms. The molecule has 2 aromatic carbocycles. The molecule has 4 rings (SSSR count). The summed E-state index contributed by atoms with van der Waals surface area (Å²) in [6.45, 7) is 4.11. The van der Waals surface area contributed by atoms with Gasteiger partial charge in [0.05, 0.1) is 11.3 Å². The Morgan fingerprint density at radius 3 is 2.39 bits per heavy atom. The third-order valence-electron chi connectivity index (χ3n) is 4.95. The Morgan fingerprint density at radius 1 is 0.893 bits per heavy atom. The summed E-state index contributed by atoms with van der Waals surface area (Å²) in [5.41, 5.74) is 5.20. The first-order valence-corrected chi connectivity index (χ1v) is 9.30. The van der Waals surface area contributed by atoms with Crippen LogP contribution < -0.4 is 10.6 Å². The van der Waals surface area contributed by atoms with E-state index in [-0.39, 0.29) is 11.6 Å². The topological polar surface area (TPSA) is 66.9 Å². The molecule has 28 heavy (non-hydrogen) atoms. The van der Waals surface area contributed by atoms with E-state index in [9.17, 15) is 9.18 Å². The van der Waals surface area contributed by atoms with Gasteiger partial charge in [0.25, 0.3) is 0 Å². The van der Waals surface area contributed by atoms with E-state index in [1.165, 1.54) is 23.3 Å². The Balaban J connectivity index is 1.72. The average Bonchev–Trinajstić information content (AvgIpc) is 2.66. The van der Waals surface area contributed by atoms with E-state index in [0.29, 0.717) is 29.4 Å². The van der Waals surface area contributed by atoms with E-state index in [1.807, 2.05) is 18.2 Å². The second kappa shape index (κ2) is 7.38. The van der Waals surface area contributed by atoms with Crippen LogP contribution in [0.2, 0.25) is 0 Å². The zero-order valence-electron chi connectivity index (χ0n) is 15.8. The summed E-state index contributed by atoms with van der Waals surface area (Å²) in [5.74, 6) is 0.598. The van der Waals surface area contributed by atoms with Gasteiger partial charge in [-0.2, -0.15) is 4.98 Å². The third kappa shape index (κ3) is 3.71. The molecule has 2 N–H and O–H groups in total. The number of nitrogens with zero attached hydrogens (tertiary/aromatic N) is 2. The Labute approximate surface area is 163 Å². The predicted molar refractivity (Wildman–Crippen MR) is 108 cm³/mol. The number of benzene rings is 2. The normalized spacial score (nSPS) is 13.2. The number of aromatic nitrogens is 2. The van der Waals surface area contributed by atoms with Crippen LogP contribution in [0.4, 0.5) is 27.5 Å². The minimum atomic E-state index is -0.316. The fourth-order valence-corrected chi connectivity index (χ4v) is 3.29. The molecule has 0 saturated heterocycles. The van der Waals surface area contributed by atoms with Crippen molar-refractivity contribution in [3.05, 3.63) is 70.7 Å². The molecule has 3 aromatic rings. The van der Waals surface area contributed by atoms with Crippen molar-refractivity contribution in [3.63, 3.8) is 0 Å². The predicted octanol–water partition coefficient (Wildman–Crippen LogP) is 5.24. The summed E-state index contributed by atoms with van der Waals surface area (Å²) in [6.07, 6.45) is 1.99. The molecule has 6 heteroatoms. The van der Waals surface area contributed by atoms with Gasteiger partial charge in [-0.05, 0) is 74.2 Å². The number of hydrogen-bond donors (Lipinski definition) is 2. The molecule has 0 amide bonds. The molecule has 0 unspecified atom stereocenters. The van der Waals surface area contributed by atoms with Crippen molar-refractivity contribution in [1.29, 1.82) is 0 Å². The summed E-state index contributed by atoms with van der Waals surface area (Å²) in [4.78, 5) is 21.6. The van der Waals surface area contributed by atoms with Crippen LogP contribution in [0.1, 0.15) is 40.0 Å². The van der Waals surface area contributed by atoms with Gasteiger partial charge in [-0.1, -0.05) is 6.07 Å². The molecule has 0 saturated carbocycles. The van der Waals surface area contributed by atoms with Crippen LogP contribution in [-0.2, 0) is 6.42 Å². The van der Waals surface area contributed by atoms with Gasteiger partial charge < -0.3 is 10.6 Å². The number of nitrogens with one attached hydrogen (secondary N) is 2. The van der Waals surface area contributed by atoms with Crippen molar-refractivity contribution < 1.29 is 9.18 Å². The number of anilines is 4. The zero-order valence-corrected chi connectivity index (χ0v) is 15.8. The van der Waals surface area contributed by atoms with Gasteiger partial charge in [-0.25, -0.2) is 9.37 Å². The lowest BCUT2D eigenvalue weighted by Gasteiger charge is -2.19. The van der Waals surface area contributed by atoms with Gasteiger partial charge in [-0.3, -0.25) is 4.79 Å². The fraction of sp³-hybridized carbons (Fsp3) is 0.227. The molecule has 0 radical (unpaired) electrons. The number of carbonyl (C=O) groups is 1. The minimum Gasteiger partial charge on any atom is -0.339 e. The minimum absolute atomic E-state index is 0.0311. The highest BCUT2D eigenvalue weighted by Gasteiger charge is 2.24. The molecule has 5 nitrogen and oxygen atoms in total. The van der Waals surface area contributed by atoms with Crippen molar-refractivity contribution in [2.75, 3.05) is 10.6 Å². The molecule has 142 valence electrons. The van der Waals surface area contributed by atoms with Crippen LogP contribution >= 0.6 is 0 Å². The maximum Gasteiger partial charge on any atom is 0.229 e. The highest BCUT2D eigenvalue weighted by Crippen LogP contribution is 2.30. The molecule has 0 bridgehead atoms. The van der Waals surface area contributed by atoms with E-state index in [1.54, 1.807) is 12.1 Å². The first-order chi connectivity index (χ1) is 13.5. The Bertz CT molecular complexity index is 1050. The van der Waals surface area contributed by atoms with Crippen LogP contribution in [0.5, 0.6) is 0 Å². The highest BCUT2D eigenvalue weighted by atomic mass is 19.1. The van der Waals surface area contributed by atoms with Crippen molar-refractivity contribution in [1.82, 2.24) is 9.97 Å². The SMILES string of the molecule is Cc1ccc(Nc2nc3c(c(Nc4ccc(F)cc4)n2)C(=O)CCC3)cc1C. The van der Waals surface area contributed by atoms with Gasteiger partial charge >= 0.3 is 0 Å². The number of hydrogen-bond acceptors (Lipinski definition) is 5. The molecule has 1 aliphatic rings. The Kier molecular flexibility index (Phi) is 4.77. The maximum atomic E-state index is 13.2. The van der Waals surface area contributed by atoms with Crippen LogP contribution in [0.3, 0.4) is 0 Å². The van der Waals surface area contributed by atoms with Gasteiger partial charge in [-0.15, -0.1) is 0 Å². The summed E-state index contributed by atoms with van der Waals surface area (Å²) in [5, 5.41) is 6.40. The second-order valence-electron chi connectivity index (χ2n) is 7.05. The Morgan fingerprint density at radius 2 is 1.64 bits per heavy atom. The lowest BCUT2D eigenvalue weighted by molar-refractivity contribution is 0.0972. The monoisotopic (exact) mass is 376 g/mol. The first-order valence-electron chi connectivity index (χ1n) is 9.30. The zero-order chi connectivity index (χ0) is 19.7. The number of fused-ring (bicyclic) bond motifs is 1. The molecular formula is C22H21FN4O. The van der Waals surface area contributed by atoms with Crippen molar-refractivity contribution >= 4 is 28.9 Å². The van der Waals surface area contributed by atoms with E-state index < -0.39 is 0 Å². The molecular weight excluding hydrogens is 355 g/mol. The van der Waals surface area contributed by atoms with Crippen molar-refractivity contribution in [2.45, 2.75) is 33.1 Å². The van der Waals surface area contributed by atoms with Crippen LogP contribution in [0.25, 0.3) is 0 Å². The number of aryl methyl sites for hydroxylation is 3. The molecule has 1 aliphatic carbocycles. The highest BCUT2D eigenvalue weighted by molar-refractivity contribution is 6.03. The lowest BCUT2D eigenvalue weighted by atomic mass is 9.95. The number of halogens is 1. The molecule has 1 heterocycles. The summed E-state index contributed by atoms with van der Waals surface area (Å²) >= 11 is 0. The summed E-state index contributed by atoms with van der Waals surface area (Å²) < 4.78 is 13.2. The van der Waals surface area contributed by atoms with Crippen LogP contribution in [-0.4, -0.2) is 15.8 Å². The standard InChI is InChI=1S/C22H21FN4O/c1-13-6-9-17(12-14(13)2)25-22-26-18-4-3-5-19(28)20(18)21(27-22)24-16-10-7-15(23)8-11-16/h6-12H,3-5H2,1-2H3,(H2,24,25,26,27). The number of ketones is 1. The molecule has 1 aromatic heterocycles.